The van der Waals surface area contributed by atoms with E-state index in [1.54, 1.807) is 0 Å². The van der Waals surface area contributed by atoms with Crippen LogP contribution < -0.4 is 5.32 Å². The van der Waals surface area contributed by atoms with Crippen LogP contribution in [0, 0.1) is 0 Å². The van der Waals surface area contributed by atoms with Crippen LogP contribution >= 0.6 is 0 Å². The maximum absolute atomic E-state index is 11.0. The Morgan fingerprint density at radius 3 is 3.00 bits per heavy atom. The molecule has 0 saturated heterocycles. The van der Waals surface area contributed by atoms with E-state index >= 15 is 0 Å². The number of carbonyl (C=O) groups excluding carboxylic acids is 1. The number of carbonyl (C=O) groups is 1. The number of nitrogens with one attached hydrogen (secondary N) is 1. The van der Waals surface area contributed by atoms with Crippen LogP contribution in [0.25, 0.3) is 0 Å². The minimum atomic E-state index is -0.739. The Morgan fingerprint density at radius 1 is 1.75 bits per heavy atom. The highest BCUT2D eigenvalue weighted by Crippen LogP contribution is 2.07. The summed E-state index contributed by atoms with van der Waals surface area (Å²) in [5.74, 6) is -0.372. The monoisotopic (exact) mass is 169 g/mol. The second-order valence-corrected chi connectivity index (χ2v) is 2.25. The Kier molecular flexibility index (Phi) is 2.68. The quantitative estimate of drug-likeness (QED) is 0.732. The highest BCUT2D eigenvalue weighted by molar-refractivity contribution is 5.91. The van der Waals surface area contributed by atoms with Crippen LogP contribution in [0.5, 0.6) is 6.08 Å². The number of hydrogen-bond donors (Lipinski definition) is 1. The van der Waals surface area contributed by atoms with Gasteiger partial charge >= 0.3 is 6.08 Å². The van der Waals surface area contributed by atoms with Gasteiger partial charge in [-0.25, -0.2) is 5.11 Å². The number of rotatable bonds is 3. The Labute approximate surface area is 69.4 Å². The lowest BCUT2D eigenvalue weighted by Crippen LogP contribution is -2.24. The van der Waals surface area contributed by atoms with E-state index in [1.165, 1.54) is 0 Å². The molecule has 0 aliphatic heterocycles. The van der Waals surface area contributed by atoms with Gasteiger partial charge in [-0.15, -0.1) is 0 Å². The second kappa shape index (κ2) is 3.75. The van der Waals surface area contributed by atoms with Crippen molar-refractivity contribution in [2.75, 3.05) is 6.54 Å². The Hall–Kier alpha value is -1.52. The van der Waals surface area contributed by atoms with E-state index in [2.05, 4.69) is 14.7 Å². The molecule has 0 aliphatic rings. The second-order valence-electron chi connectivity index (χ2n) is 2.25. The molecule has 1 amide bonds. The molecule has 12 heavy (non-hydrogen) atoms. The minimum absolute atomic E-state index is 0.0356. The number of nitrogens with zero attached hydrogens (tertiary/aromatic N) is 1. The predicted molar refractivity (Wildman–Crippen MR) is 39.3 cm³/mol. The molecular weight excluding hydrogens is 160 g/mol. The zero-order valence-electron chi connectivity index (χ0n) is 6.66. The average molecular weight is 169 g/mol. The first-order valence-electron chi connectivity index (χ1n) is 3.64. The van der Waals surface area contributed by atoms with Crippen LogP contribution in [-0.2, 0) is 5.11 Å². The van der Waals surface area contributed by atoms with Crippen molar-refractivity contribution in [2.45, 2.75) is 13.3 Å². The molecule has 1 N–H and O–H groups in total. The normalized spacial score (nSPS) is 9.75. The van der Waals surface area contributed by atoms with Crippen molar-refractivity contribution < 1.29 is 14.3 Å². The summed E-state index contributed by atoms with van der Waals surface area (Å²) in [5.41, 5.74) is 0.0356. The fourth-order valence-corrected chi connectivity index (χ4v) is 0.691. The van der Waals surface area contributed by atoms with Gasteiger partial charge < -0.3 is 9.73 Å². The van der Waals surface area contributed by atoms with E-state index in [9.17, 15) is 9.90 Å². The molecule has 1 rings (SSSR count). The van der Waals surface area contributed by atoms with E-state index < -0.39 is 6.08 Å². The third-order valence-electron chi connectivity index (χ3n) is 1.25. The third-order valence-corrected chi connectivity index (χ3v) is 1.25. The first-order valence-corrected chi connectivity index (χ1v) is 3.64. The highest BCUT2D eigenvalue weighted by Gasteiger charge is 2.10. The lowest BCUT2D eigenvalue weighted by atomic mass is 10.4. The maximum atomic E-state index is 11.0. The molecular formula is C7H9N2O3. The zero-order chi connectivity index (χ0) is 8.97. The van der Waals surface area contributed by atoms with Crippen LogP contribution in [-0.4, -0.2) is 17.4 Å². The summed E-state index contributed by atoms with van der Waals surface area (Å²) in [6.45, 7) is 2.50. The van der Waals surface area contributed by atoms with Gasteiger partial charge in [0.15, 0.2) is 5.69 Å². The Balaban J connectivity index is 2.53. The number of amides is 1. The molecule has 0 bridgehead atoms. The molecule has 1 aromatic heterocycles. The van der Waals surface area contributed by atoms with Crippen molar-refractivity contribution in [3.63, 3.8) is 0 Å². The van der Waals surface area contributed by atoms with Crippen molar-refractivity contribution in [2.24, 2.45) is 0 Å². The van der Waals surface area contributed by atoms with Crippen LogP contribution in [0.2, 0.25) is 0 Å². The fourth-order valence-electron chi connectivity index (χ4n) is 0.691. The van der Waals surface area contributed by atoms with Crippen LogP contribution in [0.4, 0.5) is 0 Å². The lowest BCUT2D eigenvalue weighted by molar-refractivity contribution is 0.0948. The lowest BCUT2D eigenvalue weighted by Gasteiger charge is -1.97. The molecule has 5 nitrogen and oxygen atoms in total. The largest absolute Gasteiger partial charge is 0.439 e. The Bertz CT molecular complexity index is 269. The standard InChI is InChI=1S/C7H9N2O3/c1-2-3-8-6(10)5-4-12-7(11)9-5/h4H,2-3H2,1H3,(H,8,10). The number of oxazole rings is 1. The molecule has 0 aliphatic carbocycles. The molecule has 1 aromatic rings. The van der Waals surface area contributed by atoms with Gasteiger partial charge in [0.25, 0.3) is 5.91 Å². The minimum Gasteiger partial charge on any atom is -0.414 e. The van der Waals surface area contributed by atoms with Gasteiger partial charge in [-0.1, -0.05) is 6.92 Å². The van der Waals surface area contributed by atoms with E-state index in [4.69, 9.17) is 0 Å². The van der Waals surface area contributed by atoms with Crippen LogP contribution in [0.15, 0.2) is 10.7 Å². The van der Waals surface area contributed by atoms with E-state index in [-0.39, 0.29) is 11.6 Å². The van der Waals surface area contributed by atoms with E-state index in [1.807, 2.05) is 6.92 Å². The summed E-state index contributed by atoms with van der Waals surface area (Å²) in [6, 6.07) is 0. The third kappa shape index (κ3) is 1.98. The first kappa shape index (κ1) is 8.58. The summed E-state index contributed by atoms with van der Waals surface area (Å²) in [7, 11) is 0. The molecule has 0 saturated carbocycles. The number of aromatic nitrogens is 1. The number of hydrogen-bond acceptors (Lipinski definition) is 3. The SMILES string of the molecule is CCCNC(=O)c1coc([O])n1. The van der Waals surface area contributed by atoms with Gasteiger partial charge in [0.1, 0.15) is 6.26 Å². The fraction of sp³-hybridized carbons (Fsp3) is 0.429. The van der Waals surface area contributed by atoms with Crippen LogP contribution in [0.3, 0.4) is 0 Å². The van der Waals surface area contributed by atoms with Crippen molar-refractivity contribution in [3.05, 3.63) is 12.0 Å². The van der Waals surface area contributed by atoms with Gasteiger partial charge in [-0.3, -0.25) is 4.79 Å². The van der Waals surface area contributed by atoms with Crippen LogP contribution in [0.1, 0.15) is 23.8 Å². The van der Waals surface area contributed by atoms with Gasteiger partial charge in [-0.2, -0.15) is 4.98 Å². The summed E-state index contributed by atoms with van der Waals surface area (Å²) >= 11 is 0. The summed E-state index contributed by atoms with van der Waals surface area (Å²) < 4.78 is 4.34. The topological polar surface area (TPSA) is 75.0 Å². The van der Waals surface area contributed by atoms with Crippen molar-refractivity contribution in [1.29, 1.82) is 0 Å². The highest BCUT2D eigenvalue weighted by atomic mass is 16.5. The molecule has 5 heteroatoms. The summed E-state index contributed by atoms with van der Waals surface area (Å²) in [6.07, 6.45) is 1.15. The maximum Gasteiger partial charge on any atom is 0.439 e. The van der Waals surface area contributed by atoms with Gasteiger partial charge in [0.05, 0.1) is 0 Å². The molecule has 1 radical (unpaired) electrons. The average Bonchev–Trinajstić information content (AvgIpc) is 2.47. The van der Waals surface area contributed by atoms with E-state index in [0.717, 1.165) is 12.7 Å². The summed E-state index contributed by atoms with van der Waals surface area (Å²) in [5, 5.41) is 13.0. The molecule has 0 fully saturated rings. The molecule has 1 heterocycles. The molecule has 65 valence electrons. The molecule has 0 spiro atoms. The zero-order valence-corrected chi connectivity index (χ0v) is 6.66. The summed E-state index contributed by atoms with van der Waals surface area (Å²) in [4.78, 5) is 14.4. The van der Waals surface area contributed by atoms with Crippen molar-refractivity contribution in [3.8, 4) is 6.08 Å². The van der Waals surface area contributed by atoms with Crippen molar-refractivity contribution in [1.82, 2.24) is 10.3 Å². The molecule has 0 atom stereocenters. The smallest absolute Gasteiger partial charge is 0.414 e. The Morgan fingerprint density at radius 2 is 2.50 bits per heavy atom. The van der Waals surface area contributed by atoms with Gasteiger partial charge in [0.2, 0.25) is 0 Å². The van der Waals surface area contributed by atoms with Crippen molar-refractivity contribution >= 4 is 5.91 Å². The van der Waals surface area contributed by atoms with E-state index in [0.29, 0.717) is 6.54 Å². The predicted octanol–water partition coefficient (Wildman–Crippen LogP) is 0.958. The first-order chi connectivity index (χ1) is 5.74. The molecule has 0 unspecified atom stereocenters. The van der Waals surface area contributed by atoms with Gasteiger partial charge in [0, 0.05) is 6.54 Å². The molecule has 0 aromatic carbocycles. The van der Waals surface area contributed by atoms with Gasteiger partial charge in [-0.05, 0) is 6.42 Å².